The number of benzene rings is 1. The van der Waals surface area contributed by atoms with Crippen LogP contribution in [0.5, 0.6) is 0 Å². The summed E-state index contributed by atoms with van der Waals surface area (Å²) in [4.78, 5) is 13.4. The van der Waals surface area contributed by atoms with Crippen molar-refractivity contribution < 1.29 is 0 Å². The van der Waals surface area contributed by atoms with E-state index in [1.807, 2.05) is 38.1 Å². The lowest BCUT2D eigenvalue weighted by atomic mass is 10.0. The minimum absolute atomic E-state index is 0.925. The summed E-state index contributed by atoms with van der Waals surface area (Å²) in [5, 5.41) is 0. The Balaban J connectivity index is 2.10. The Labute approximate surface area is 118 Å². The van der Waals surface area contributed by atoms with Gasteiger partial charge in [0.25, 0.3) is 0 Å². The fraction of sp³-hybridized carbons (Fsp3) is 0.118. The van der Waals surface area contributed by atoms with E-state index in [1.165, 1.54) is 0 Å². The molecule has 0 N–H and O–H groups in total. The van der Waals surface area contributed by atoms with Gasteiger partial charge in [-0.05, 0) is 32.0 Å². The molecule has 0 spiro atoms. The molecular formula is C17H15N3. The zero-order valence-electron chi connectivity index (χ0n) is 11.5. The molecule has 2 heterocycles. The molecule has 3 rings (SSSR count). The first-order valence-corrected chi connectivity index (χ1v) is 6.56. The predicted molar refractivity (Wildman–Crippen MR) is 80.2 cm³/mol. The smallest absolute Gasteiger partial charge is 0.0917 e. The Morgan fingerprint density at radius 1 is 0.850 bits per heavy atom. The minimum atomic E-state index is 0.925. The third-order valence-electron chi connectivity index (χ3n) is 3.17. The molecule has 0 aliphatic heterocycles. The number of hydrogen-bond donors (Lipinski definition) is 0. The molecule has 0 saturated carbocycles. The van der Waals surface area contributed by atoms with Gasteiger partial charge in [-0.25, -0.2) is 4.98 Å². The highest BCUT2D eigenvalue weighted by molar-refractivity contribution is 5.70. The van der Waals surface area contributed by atoms with E-state index in [-0.39, 0.29) is 0 Å². The van der Waals surface area contributed by atoms with Gasteiger partial charge in [0.1, 0.15) is 0 Å². The summed E-state index contributed by atoms with van der Waals surface area (Å²) in [7, 11) is 0. The molecule has 0 aliphatic rings. The van der Waals surface area contributed by atoms with Gasteiger partial charge in [0, 0.05) is 23.5 Å². The molecule has 2 aromatic heterocycles. The number of nitrogens with zero attached hydrogens (tertiary/aromatic N) is 3. The topological polar surface area (TPSA) is 38.7 Å². The molecule has 3 heteroatoms. The van der Waals surface area contributed by atoms with Crippen LogP contribution in [0.15, 0.2) is 54.9 Å². The van der Waals surface area contributed by atoms with Gasteiger partial charge in [-0.1, -0.05) is 24.3 Å². The first-order valence-electron chi connectivity index (χ1n) is 6.56. The number of pyridine rings is 1. The van der Waals surface area contributed by atoms with Crippen LogP contribution in [0.25, 0.3) is 22.5 Å². The lowest BCUT2D eigenvalue weighted by molar-refractivity contribution is 1.07. The number of rotatable bonds is 2. The van der Waals surface area contributed by atoms with Gasteiger partial charge in [0.2, 0.25) is 0 Å². The van der Waals surface area contributed by atoms with Crippen LogP contribution < -0.4 is 0 Å². The van der Waals surface area contributed by atoms with Crippen LogP contribution in [0, 0.1) is 13.8 Å². The van der Waals surface area contributed by atoms with Crippen molar-refractivity contribution in [2.24, 2.45) is 0 Å². The highest BCUT2D eigenvalue weighted by Gasteiger charge is 2.07. The summed E-state index contributed by atoms with van der Waals surface area (Å²) in [6.45, 7) is 3.94. The fourth-order valence-corrected chi connectivity index (χ4v) is 2.17. The second-order valence-corrected chi connectivity index (χ2v) is 4.74. The van der Waals surface area contributed by atoms with Crippen molar-refractivity contribution in [3.8, 4) is 22.5 Å². The van der Waals surface area contributed by atoms with Crippen molar-refractivity contribution in [1.82, 2.24) is 15.0 Å². The van der Waals surface area contributed by atoms with Gasteiger partial charge in [-0.15, -0.1) is 0 Å². The molecule has 0 unspecified atom stereocenters. The Hall–Kier alpha value is -2.55. The quantitative estimate of drug-likeness (QED) is 0.704. The zero-order chi connectivity index (χ0) is 13.9. The number of aryl methyl sites for hydroxylation is 2. The molecule has 0 radical (unpaired) electrons. The Morgan fingerprint density at radius 3 is 2.50 bits per heavy atom. The summed E-state index contributed by atoms with van der Waals surface area (Å²) < 4.78 is 0. The van der Waals surface area contributed by atoms with Gasteiger partial charge in [-0.3, -0.25) is 9.97 Å². The van der Waals surface area contributed by atoms with Crippen LogP contribution in [-0.2, 0) is 0 Å². The average Bonchev–Trinajstić information content (AvgIpc) is 2.51. The molecule has 0 amide bonds. The lowest BCUT2D eigenvalue weighted by Crippen LogP contribution is -1.94. The fourth-order valence-electron chi connectivity index (χ4n) is 2.17. The molecule has 20 heavy (non-hydrogen) atoms. The van der Waals surface area contributed by atoms with Crippen LogP contribution in [0.2, 0.25) is 0 Å². The highest BCUT2D eigenvalue weighted by atomic mass is 14.8. The van der Waals surface area contributed by atoms with Crippen molar-refractivity contribution in [3.63, 3.8) is 0 Å². The molecule has 3 aromatic rings. The maximum absolute atomic E-state index is 4.59. The first-order chi connectivity index (χ1) is 9.74. The zero-order valence-corrected chi connectivity index (χ0v) is 11.5. The third kappa shape index (κ3) is 2.43. The number of hydrogen-bond acceptors (Lipinski definition) is 3. The summed E-state index contributed by atoms with van der Waals surface area (Å²) in [6.07, 6.45) is 3.60. The van der Waals surface area contributed by atoms with E-state index in [9.17, 15) is 0 Å². The van der Waals surface area contributed by atoms with E-state index in [0.29, 0.717) is 0 Å². The Morgan fingerprint density at radius 2 is 1.70 bits per heavy atom. The summed E-state index contributed by atoms with van der Waals surface area (Å²) in [5.41, 5.74) is 5.92. The predicted octanol–water partition coefficient (Wildman–Crippen LogP) is 3.82. The standard InChI is InChI=1S/C17H15N3/c1-12-11-19-13(2)17(20-12)15-7-5-6-14(10-15)16-8-3-4-9-18-16/h3-11H,1-2H3. The Kier molecular flexibility index (Phi) is 3.25. The van der Waals surface area contributed by atoms with Crippen molar-refractivity contribution in [2.45, 2.75) is 13.8 Å². The molecule has 0 atom stereocenters. The lowest BCUT2D eigenvalue weighted by Gasteiger charge is -2.07. The highest BCUT2D eigenvalue weighted by Crippen LogP contribution is 2.25. The van der Waals surface area contributed by atoms with Gasteiger partial charge in [0.05, 0.1) is 22.8 Å². The molecule has 1 aromatic carbocycles. The van der Waals surface area contributed by atoms with E-state index in [2.05, 4.69) is 33.2 Å². The molecule has 3 nitrogen and oxygen atoms in total. The summed E-state index contributed by atoms with van der Waals surface area (Å²) in [5.74, 6) is 0. The summed E-state index contributed by atoms with van der Waals surface area (Å²) >= 11 is 0. The monoisotopic (exact) mass is 261 g/mol. The first kappa shape index (κ1) is 12.5. The Bertz CT molecular complexity index is 736. The van der Waals surface area contributed by atoms with Gasteiger partial charge < -0.3 is 0 Å². The molecule has 0 bridgehead atoms. The normalized spacial score (nSPS) is 10.5. The maximum atomic E-state index is 4.59. The summed E-state index contributed by atoms with van der Waals surface area (Å²) in [6, 6.07) is 14.2. The second-order valence-electron chi connectivity index (χ2n) is 4.74. The van der Waals surface area contributed by atoms with Crippen LogP contribution in [0.1, 0.15) is 11.4 Å². The SMILES string of the molecule is Cc1cnc(C)c(-c2cccc(-c3ccccn3)c2)n1. The van der Waals surface area contributed by atoms with E-state index in [4.69, 9.17) is 0 Å². The van der Waals surface area contributed by atoms with Crippen LogP contribution in [0.3, 0.4) is 0 Å². The van der Waals surface area contributed by atoms with Gasteiger partial charge in [0.15, 0.2) is 0 Å². The average molecular weight is 261 g/mol. The van der Waals surface area contributed by atoms with Crippen molar-refractivity contribution in [3.05, 3.63) is 66.2 Å². The minimum Gasteiger partial charge on any atom is -0.257 e. The second kappa shape index (κ2) is 5.21. The van der Waals surface area contributed by atoms with E-state index >= 15 is 0 Å². The third-order valence-corrected chi connectivity index (χ3v) is 3.17. The van der Waals surface area contributed by atoms with Gasteiger partial charge in [-0.2, -0.15) is 0 Å². The van der Waals surface area contributed by atoms with Crippen molar-refractivity contribution >= 4 is 0 Å². The molecular weight excluding hydrogens is 246 g/mol. The van der Waals surface area contributed by atoms with Crippen LogP contribution in [-0.4, -0.2) is 15.0 Å². The van der Waals surface area contributed by atoms with E-state index in [1.54, 1.807) is 12.4 Å². The van der Waals surface area contributed by atoms with Crippen LogP contribution >= 0.6 is 0 Å². The van der Waals surface area contributed by atoms with Crippen LogP contribution in [0.4, 0.5) is 0 Å². The van der Waals surface area contributed by atoms with Crippen molar-refractivity contribution in [1.29, 1.82) is 0 Å². The van der Waals surface area contributed by atoms with E-state index < -0.39 is 0 Å². The largest absolute Gasteiger partial charge is 0.257 e. The molecule has 0 saturated heterocycles. The van der Waals surface area contributed by atoms with Gasteiger partial charge >= 0.3 is 0 Å². The van der Waals surface area contributed by atoms with Crippen molar-refractivity contribution in [2.75, 3.05) is 0 Å². The molecule has 0 aliphatic carbocycles. The maximum Gasteiger partial charge on any atom is 0.0917 e. The molecule has 98 valence electrons. The number of aromatic nitrogens is 3. The van der Waals surface area contributed by atoms with E-state index in [0.717, 1.165) is 33.9 Å². The molecule has 0 fully saturated rings.